The molecule has 1 N–H and O–H groups in total. The first kappa shape index (κ1) is 10.8. The van der Waals surface area contributed by atoms with Crippen LogP contribution in [0.1, 0.15) is 5.69 Å². The maximum atomic E-state index is 9.99. The van der Waals surface area contributed by atoms with Crippen molar-refractivity contribution >= 4 is 10.9 Å². The van der Waals surface area contributed by atoms with Gasteiger partial charge in [0.2, 0.25) is 0 Å². The Labute approximate surface area is 106 Å². The molecule has 0 atom stereocenters. The molecule has 0 unspecified atom stereocenters. The Morgan fingerprint density at radius 3 is 2.44 bits per heavy atom. The van der Waals surface area contributed by atoms with Crippen LogP contribution in [0.4, 0.5) is 0 Å². The number of aromatic hydroxyl groups is 1. The number of rotatable bonds is 1. The highest BCUT2D eigenvalue weighted by atomic mass is 16.3. The average molecular weight is 235 g/mol. The van der Waals surface area contributed by atoms with Crippen LogP contribution < -0.4 is 0 Å². The molecular formula is C16H13NO. The highest BCUT2D eigenvalue weighted by Crippen LogP contribution is 2.33. The van der Waals surface area contributed by atoms with Crippen molar-refractivity contribution in [3.8, 4) is 16.9 Å². The lowest BCUT2D eigenvalue weighted by molar-refractivity contribution is 0.477. The molecule has 0 radical (unpaired) electrons. The number of hydrogen-bond donors (Lipinski definition) is 1. The number of aryl methyl sites for hydroxylation is 1. The van der Waals surface area contributed by atoms with Gasteiger partial charge >= 0.3 is 0 Å². The van der Waals surface area contributed by atoms with Gasteiger partial charge in [0.1, 0.15) is 5.75 Å². The second kappa shape index (κ2) is 4.15. The van der Waals surface area contributed by atoms with Gasteiger partial charge in [0, 0.05) is 16.6 Å². The molecular weight excluding hydrogens is 222 g/mol. The minimum atomic E-state index is 0.299. The molecule has 0 saturated heterocycles. The molecule has 3 aromatic rings. The fourth-order valence-electron chi connectivity index (χ4n) is 2.23. The zero-order valence-corrected chi connectivity index (χ0v) is 10.1. The Hall–Kier alpha value is -2.35. The number of pyridine rings is 1. The highest BCUT2D eigenvalue weighted by Gasteiger charge is 2.08. The first-order chi connectivity index (χ1) is 8.75. The Balaban J connectivity index is 2.39. The Kier molecular flexibility index (Phi) is 2.49. The fraction of sp³-hybridized carbons (Fsp3) is 0.0625. The molecule has 1 heterocycles. The van der Waals surface area contributed by atoms with E-state index in [9.17, 15) is 5.11 Å². The summed E-state index contributed by atoms with van der Waals surface area (Å²) in [6.07, 6.45) is 0. The minimum Gasteiger partial charge on any atom is -0.507 e. The van der Waals surface area contributed by atoms with Crippen molar-refractivity contribution in [1.82, 2.24) is 4.98 Å². The molecule has 0 spiro atoms. The summed E-state index contributed by atoms with van der Waals surface area (Å²) in [5.41, 5.74) is 3.78. The van der Waals surface area contributed by atoms with Crippen LogP contribution in [0.2, 0.25) is 0 Å². The van der Waals surface area contributed by atoms with Gasteiger partial charge in [-0.2, -0.15) is 0 Å². The van der Waals surface area contributed by atoms with E-state index in [1.54, 1.807) is 6.07 Å². The van der Waals surface area contributed by atoms with Crippen LogP contribution in [-0.4, -0.2) is 10.1 Å². The molecule has 2 aromatic carbocycles. The van der Waals surface area contributed by atoms with Crippen LogP contribution in [0.3, 0.4) is 0 Å². The fourth-order valence-corrected chi connectivity index (χ4v) is 2.23. The maximum Gasteiger partial charge on any atom is 0.123 e. The molecule has 1 aromatic heterocycles. The van der Waals surface area contributed by atoms with Crippen molar-refractivity contribution in [3.05, 3.63) is 60.3 Å². The molecule has 2 heteroatoms. The number of hydrogen-bond acceptors (Lipinski definition) is 2. The summed E-state index contributed by atoms with van der Waals surface area (Å²) in [7, 11) is 0. The summed E-state index contributed by atoms with van der Waals surface area (Å²) in [5.74, 6) is 0.299. The molecule has 0 saturated carbocycles. The molecule has 0 amide bonds. The lowest BCUT2D eigenvalue weighted by Gasteiger charge is -2.09. The molecule has 0 aliphatic carbocycles. The molecule has 3 rings (SSSR count). The summed E-state index contributed by atoms with van der Waals surface area (Å²) >= 11 is 0. The quantitative estimate of drug-likeness (QED) is 0.693. The normalized spacial score (nSPS) is 10.7. The summed E-state index contributed by atoms with van der Waals surface area (Å²) in [4.78, 5) is 4.51. The standard InChI is InChI=1S/C16H13NO/c1-11-10-14(13-7-3-5-9-16(13)18)12-6-2-4-8-15(12)17-11/h2-10,18H,1H3. The first-order valence-corrected chi connectivity index (χ1v) is 5.90. The van der Waals surface area contributed by atoms with Gasteiger partial charge in [-0.3, -0.25) is 4.98 Å². The topological polar surface area (TPSA) is 33.1 Å². The Bertz CT molecular complexity index is 719. The van der Waals surface area contributed by atoms with Crippen molar-refractivity contribution in [2.75, 3.05) is 0 Å². The number of nitrogens with zero attached hydrogens (tertiary/aromatic N) is 1. The average Bonchev–Trinajstić information content (AvgIpc) is 2.38. The lowest BCUT2D eigenvalue weighted by Crippen LogP contribution is -1.88. The summed E-state index contributed by atoms with van der Waals surface area (Å²) in [6, 6.07) is 17.4. The van der Waals surface area contributed by atoms with E-state index in [0.29, 0.717) is 5.75 Å². The Morgan fingerprint density at radius 1 is 0.889 bits per heavy atom. The van der Waals surface area contributed by atoms with Crippen molar-refractivity contribution in [2.24, 2.45) is 0 Å². The molecule has 2 nitrogen and oxygen atoms in total. The second-order valence-electron chi connectivity index (χ2n) is 4.35. The van der Waals surface area contributed by atoms with Gasteiger partial charge in [0.25, 0.3) is 0 Å². The van der Waals surface area contributed by atoms with Crippen LogP contribution in [0.25, 0.3) is 22.0 Å². The van der Waals surface area contributed by atoms with Crippen LogP contribution in [0, 0.1) is 6.92 Å². The van der Waals surface area contributed by atoms with Crippen LogP contribution in [0.15, 0.2) is 54.6 Å². The van der Waals surface area contributed by atoms with Crippen molar-refractivity contribution in [1.29, 1.82) is 0 Å². The minimum absolute atomic E-state index is 0.299. The van der Waals surface area contributed by atoms with Crippen LogP contribution >= 0.6 is 0 Å². The van der Waals surface area contributed by atoms with E-state index >= 15 is 0 Å². The number of phenolic OH excluding ortho intramolecular Hbond substituents is 1. The number of fused-ring (bicyclic) bond motifs is 1. The molecule has 0 bridgehead atoms. The zero-order chi connectivity index (χ0) is 12.5. The Morgan fingerprint density at radius 2 is 1.61 bits per heavy atom. The summed E-state index contributed by atoms with van der Waals surface area (Å²) < 4.78 is 0. The van der Waals surface area contributed by atoms with Gasteiger partial charge in [0.15, 0.2) is 0 Å². The van der Waals surface area contributed by atoms with Gasteiger partial charge in [-0.1, -0.05) is 36.4 Å². The van der Waals surface area contributed by atoms with E-state index in [-0.39, 0.29) is 0 Å². The summed E-state index contributed by atoms with van der Waals surface area (Å²) in [5, 5.41) is 11.1. The third-order valence-corrected chi connectivity index (χ3v) is 3.04. The number of phenols is 1. The number of aromatic nitrogens is 1. The number of para-hydroxylation sites is 2. The van der Waals surface area contributed by atoms with Crippen molar-refractivity contribution in [3.63, 3.8) is 0 Å². The van der Waals surface area contributed by atoms with Gasteiger partial charge in [-0.15, -0.1) is 0 Å². The van der Waals surface area contributed by atoms with Crippen LogP contribution in [0.5, 0.6) is 5.75 Å². The SMILES string of the molecule is Cc1cc(-c2ccccc2O)c2ccccc2n1. The third-order valence-electron chi connectivity index (χ3n) is 3.04. The first-order valence-electron chi connectivity index (χ1n) is 5.90. The third kappa shape index (κ3) is 1.72. The van der Waals surface area contributed by atoms with Gasteiger partial charge in [-0.05, 0) is 30.7 Å². The lowest BCUT2D eigenvalue weighted by atomic mass is 9.99. The summed E-state index contributed by atoms with van der Waals surface area (Å²) in [6.45, 7) is 1.97. The maximum absolute atomic E-state index is 9.99. The smallest absolute Gasteiger partial charge is 0.123 e. The van der Waals surface area contributed by atoms with Crippen molar-refractivity contribution < 1.29 is 5.11 Å². The molecule has 18 heavy (non-hydrogen) atoms. The number of benzene rings is 2. The van der Waals surface area contributed by atoms with E-state index < -0.39 is 0 Å². The van der Waals surface area contributed by atoms with Gasteiger partial charge in [0.05, 0.1) is 5.52 Å². The van der Waals surface area contributed by atoms with Crippen molar-refractivity contribution in [2.45, 2.75) is 6.92 Å². The molecule has 88 valence electrons. The van der Waals surface area contributed by atoms with E-state index in [1.807, 2.05) is 55.5 Å². The second-order valence-corrected chi connectivity index (χ2v) is 4.35. The zero-order valence-electron chi connectivity index (χ0n) is 10.1. The van der Waals surface area contributed by atoms with E-state index in [0.717, 1.165) is 27.7 Å². The van der Waals surface area contributed by atoms with Crippen LogP contribution in [-0.2, 0) is 0 Å². The van der Waals surface area contributed by atoms with E-state index in [1.165, 1.54) is 0 Å². The molecule has 0 aliphatic heterocycles. The van der Waals surface area contributed by atoms with E-state index in [4.69, 9.17) is 0 Å². The monoisotopic (exact) mass is 235 g/mol. The highest BCUT2D eigenvalue weighted by molar-refractivity contribution is 5.96. The van der Waals surface area contributed by atoms with E-state index in [2.05, 4.69) is 4.98 Å². The van der Waals surface area contributed by atoms with Gasteiger partial charge < -0.3 is 5.11 Å². The molecule has 0 aliphatic rings. The van der Waals surface area contributed by atoms with Gasteiger partial charge in [-0.25, -0.2) is 0 Å². The molecule has 0 fully saturated rings. The largest absolute Gasteiger partial charge is 0.507 e. The predicted molar refractivity (Wildman–Crippen MR) is 73.6 cm³/mol. The predicted octanol–water partition coefficient (Wildman–Crippen LogP) is 3.92.